The summed E-state index contributed by atoms with van der Waals surface area (Å²) >= 11 is 3.40. The van der Waals surface area contributed by atoms with E-state index in [4.69, 9.17) is 0 Å². The Hall–Kier alpha value is -0.0500. The molecule has 0 heterocycles. The minimum absolute atomic E-state index is 0.140. The normalized spacial score (nSPS) is 12.9. The molecule has 0 aliphatic heterocycles. The molecule has 3 heteroatoms. The van der Waals surface area contributed by atoms with E-state index in [-0.39, 0.29) is 5.92 Å². The van der Waals surface area contributed by atoms with Crippen LogP contribution in [0.4, 0.5) is 0 Å². The third-order valence-corrected chi connectivity index (χ3v) is 3.19. The predicted molar refractivity (Wildman–Crippen MR) is 69.3 cm³/mol. The number of rotatable bonds is 7. The molecule has 15 heavy (non-hydrogen) atoms. The van der Waals surface area contributed by atoms with Crippen molar-refractivity contribution in [3.63, 3.8) is 0 Å². The van der Waals surface area contributed by atoms with Gasteiger partial charge in [-0.1, -0.05) is 50.0 Å². The van der Waals surface area contributed by atoms with Gasteiger partial charge >= 0.3 is 0 Å². The number of alkyl halides is 1. The van der Waals surface area contributed by atoms with Crippen molar-refractivity contribution in [2.75, 3.05) is 18.4 Å². The van der Waals surface area contributed by atoms with Crippen LogP contribution in [0.5, 0.6) is 0 Å². The number of hydrogen-bond acceptors (Lipinski definition) is 1. The van der Waals surface area contributed by atoms with Crippen LogP contribution in [-0.4, -0.2) is 29.2 Å². The minimum Gasteiger partial charge on any atom is -0.342 e. The molecule has 1 unspecified atom stereocenters. The van der Waals surface area contributed by atoms with Gasteiger partial charge in [-0.3, -0.25) is 4.79 Å². The van der Waals surface area contributed by atoms with Gasteiger partial charge in [0.25, 0.3) is 0 Å². The fourth-order valence-electron chi connectivity index (χ4n) is 1.36. The van der Waals surface area contributed by atoms with Crippen molar-refractivity contribution in [3.05, 3.63) is 0 Å². The van der Waals surface area contributed by atoms with Crippen LogP contribution < -0.4 is 0 Å². The average molecular weight is 278 g/mol. The summed E-state index contributed by atoms with van der Waals surface area (Å²) in [5.74, 6) is 0.871. The van der Waals surface area contributed by atoms with Crippen molar-refractivity contribution in [1.29, 1.82) is 0 Å². The number of unbranched alkanes of at least 4 members (excludes halogenated alkanes) is 1. The first-order chi connectivity index (χ1) is 7.04. The van der Waals surface area contributed by atoms with E-state index >= 15 is 0 Å². The van der Waals surface area contributed by atoms with E-state index in [1.54, 1.807) is 0 Å². The van der Waals surface area contributed by atoms with Gasteiger partial charge in [0.05, 0.1) is 0 Å². The number of nitrogens with zero attached hydrogens (tertiary/aromatic N) is 1. The molecule has 0 fully saturated rings. The standard InChI is InChI=1S/C12H24BrNO/c1-5-6-8-14(9-7-13)12(15)11(4)10(2)3/h10-11H,5-9H2,1-4H3. The summed E-state index contributed by atoms with van der Waals surface area (Å²) in [5, 5.41) is 0.868. The van der Waals surface area contributed by atoms with Crippen LogP contribution in [-0.2, 0) is 4.79 Å². The Kier molecular flexibility index (Phi) is 8.12. The molecule has 0 aromatic heterocycles. The molecule has 0 bridgehead atoms. The van der Waals surface area contributed by atoms with E-state index in [2.05, 4.69) is 36.7 Å². The highest BCUT2D eigenvalue weighted by atomic mass is 79.9. The third-order valence-electron chi connectivity index (χ3n) is 2.84. The highest BCUT2D eigenvalue weighted by Gasteiger charge is 2.21. The Morgan fingerprint density at radius 2 is 1.87 bits per heavy atom. The molecule has 0 aromatic rings. The zero-order chi connectivity index (χ0) is 11.8. The van der Waals surface area contributed by atoms with Gasteiger partial charge < -0.3 is 4.90 Å². The summed E-state index contributed by atoms with van der Waals surface area (Å²) in [4.78, 5) is 14.1. The summed E-state index contributed by atoms with van der Waals surface area (Å²) in [5.41, 5.74) is 0. The first kappa shape index (κ1) is 14.9. The summed E-state index contributed by atoms with van der Waals surface area (Å²) in [6.45, 7) is 10.1. The topological polar surface area (TPSA) is 20.3 Å². The Morgan fingerprint density at radius 3 is 2.27 bits per heavy atom. The lowest BCUT2D eigenvalue weighted by atomic mass is 9.96. The maximum atomic E-state index is 12.1. The minimum atomic E-state index is 0.140. The molecule has 1 atom stereocenters. The van der Waals surface area contributed by atoms with Gasteiger partial charge in [0.2, 0.25) is 5.91 Å². The molecule has 1 amide bonds. The molecular formula is C12H24BrNO. The molecule has 0 aliphatic carbocycles. The van der Waals surface area contributed by atoms with E-state index in [1.165, 1.54) is 0 Å². The SMILES string of the molecule is CCCCN(CCBr)C(=O)C(C)C(C)C. The summed E-state index contributed by atoms with van der Waals surface area (Å²) in [7, 11) is 0. The van der Waals surface area contributed by atoms with Gasteiger partial charge in [-0.25, -0.2) is 0 Å². The Labute approximate surface area is 103 Å². The van der Waals surface area contributed by atoms with Gasteiger partial charge in [0, 0.05) is 24.3 Å². The second kappa shape index (κ2) is 8.14. The van der Waals surface area contributed by atoms with E-state index in [1.807, 2.05) is 11.8 Å². The van der Waals surface area contributed by atoms with Crippen LogP contribution in [0.25, 0.3) is 0 Å². The summed E-state index contributed by atoms with van der Waals surface area (Å²) in [6.07, 6.45) is 2.24. The van der Waals surface area contributed by atoms with Crippen LogP contribution in [0.3, 0.4) is 0 Å². The molecule has 0 saturated carbocycles. The quantitative estimate of drug-likeness (QED) is 0.654. The zero-order valence-corrected chi connectivity index (χ0v) is 12.0. The van der Waals surface area contributed by atoms with Gasteiger partial charge in [-0.05, 0) is 12.3 Å². The first-order valence-electron chi connectivity index (χ1n) is 5.89. The second-order valence-corrected chi connectivity index (χ2v) is 5.19. The van der Waals surface area contributed by atoms with E-state index in [9.17, 15) is 4.79 Å². The third kappa shape index (κ3) is 5.55. The molecule has 0 aliphatic rings. The lowest BCUT2D eigenvalue weighted by molar-refractivity contribution is -0.136. The number of amides is 1. The van der Waals surface area contributed by atoms with Crippen LogP contribution in [0, 0.1) is 11.8 Å². The molecule has 0 N–H and O–H groups in total. The van der Waals surface area contributed by atoms with Crippen molar-refractivity contribution in [2.45, 2.75) is 40.5 Å². The summed E-state index contributed by atoms with van der Waals surface area (Å²) in [6, 6.07) is 0. The molecule has 0 rings (SSSR count). The lowest BCUT2D eigenvalue weighted by Gasteiger charge is -2.26. The average Bonchev–Trinajstić information content (AvgIpc) is 2.22. The van der Waals surface area contributed by atoms with Gasteiger partial charge in [-0.2, -0.15) is 0 Å². The number of carbonyl (C=O) groups is 1. The maximum absolute atomic E-state index is 12.1. The Balaban J connectivity index is 4.26. The second-order valence-electron chi connectivity index (χ2n) is 4.40. The fraction of sp³-hybridized carbons (Fsp3) is 0.917. The Morgan fingerprint density at radius 1 is 1.27 bits per heavy atom. The van der Waals surface area contributed by atoms with Gasteiger partial charge in [0.15, 0.2) is 0 Å². The molecule has 90 valence electrons. The molecule has 0 radical (unpaired) electrons. The molecular weight excluding hydrogens is 254 g/mol. The van der Waals surface area contributed by atoms with Crippen molar-refractivity contribution in [3.8, 4) is 0 Å². The van der Waals surface area contributed by atoms with Crippen LogP contribution >= 0.6 is 15.9 Å². The van der Waals surface area contributed by atoms with Crippen molar-refractivity contribution in [1.82, 2.24) is 4.90 Å². The number of halogens is 1. The molecule has 2 nitrogen and oxygen atoms in total. The zero-order valence-electron chi connectivity index (χ0n) is 10.4. The van der Waals surface area contributed by atoms with Gasteiger partial charge in [0.1, 0.15) is 0 Å². The molecule has 0 spiro atoms. The fourth-order valence-corrected chi connectivity index (χ4v) is 1.78. The van der Waals surface area contributed by atoms with E-state index < -0.39 is 0 Å². The maximum Gasteiger partial charge on any atom is 0.225 e. The predicted octanol–water partition coefficient (Wildman–Crippen LogP) is 3.30. The summed E-state index contributed by atoms with van der Waals surface area (Å²) < 4.78 is 0. The number of hydrogen-bond donors (Lipinski definition) is 0. The molecule has 0 aromatic carbocycles. The largest absolute Gasteiger partial charge is 0.342 e. The molecule has 0 saturated heterocycles. The van der Waals surface area contributed by atoms with Crippen LogP contribution in [0.2, 0.25) is 0 Å². The van der Waals surface area contributed by atoms with Crippen molar-refractivity contribution in [2.24, 2.45) is 11.8 Å². The van der Waals surface area contributed by atoms with Crippen molar-refractivity contribution >= 4 is 21.8 Å². The monoisotopic (exact) mass is 277 g/mol. The van der Waals surface area contributed by atoms with Crippen molar-refractivity contribution < 1.29 is 4.79 Å². The lowest BCUT2D eigenvalue weighted by Crippen LogP contribution is -2.38. The van der Waals surface area contributed by atoms with E-state index in [0.717, 1.165) is 31.3 Å². The highest BCUT2D eigenvalue weighted by molar-refractivity contribution is 9.09. The smallest absolute Gasteiger partial charge is 0.225 e. The Bertz CT molecular complexity index is 182. The highest BCUT2D eigenvalue weighted by Crippen LogP contribution is 2.14. The first-order valence-corrected chi connectivity index (χ1v) is 7.01. The van der Waals surface area contributed by atoms with Crippen LogP contribution in [0.15, 0.2) is 0 Å². The number of carbonyl (C=O) groups excluding carboxylic acids is 1. The van der Waals surface area contributed by atoms with Gasteiger partial charge in [-0.15, -0.1) is 0 Å². The van der Waals surface area contributed by atoms with E-state index in [0.29, 0.717) is 11.8 Å². The van der Waals surface area contributed by atoms with Crippen LogP contribution in [0.1, 0.15) is 40.5 Å².